The van der Waals surface area contributed by atoms with E-state index in [1.165, 1.54) is 15.4 Å². The van der Waals surface area contributed by atoms with E-state index in [4.69, 9.17) is 0 Å². The predicted molar refractivity (Wildman–Crippen MR) is 99.4 cm³/mol. The molecule has 0 bridgehead atoms. The Morgan fingerprint density at radius 3 is 2.42 bits per heavy atom. The summed E-state index contributed by atoms with van der Waals surface area (Å²) in [5, 5.41) is 3.28. The Balaban J connectivity index is 1.41. The fourth-order valence-corrected chi connectivity index (χ4v) is 5.81. The number of piperidine rings is 1. The minimum atomic E-state index is -3.47. The summed E-state index contributed by atoms with van der Waals surface area (Å²) in [5.74, 6) is 0.289. The predicted octanol–water partition coefficient (Wildman–Crippen LogP) is 1.01. The first-order chi connectivity index (χ1) is 12.6. The first-order valence-electron chi connectivity index (χ1n) is 9.67. The van der Waals surface area contributed by atoms with Gasteiger partial charge in [0.1, 0.15) is 0 Å². The van der Waals surface area contributed by atoms with Crippen molar-refractivity contribution in [2.45, 2.75) is 37.0 Å². The van der Waals surface area contributed by atoms with E-state index in [9.17, 15) is 13.2 Å². The summed E-state index contributed by atoms with van der Waals surface area (Å²) in [4.78, 5) is 14.9. The van der Waals surface area contributed by atoms with Gasteiger partial charge in [-0.1, -0.05) is 6.07 Å². The third kappa shape index (κ3) is 3.40. The Hall–Kier alpha value is -1.44. The molecule has 1 aromatic rings. The second-order valence-corrected chi connectivity index (χ2v) is 9.48. The molecule has 26 heavy (non-hydrogen) atoms. The van der Waals surface area contributed by atoms with Crippen molar-refractivity contribution < 1.29 is 13.2 Å². The van der Waals surface area contributed by atoms with Gasteiger partial charge < -0.3 is 10.2 Å². The number of aryl methyl sites for hydroxylation is 2. The number of nitrogens with zero attached hydrogens (tertiary/aromatic N) is 2. The standard InChI is InChI=1S/C19H27N3O3S/c23-19(16-6-8-20-9-7-16)21-10-12-22(13-11-21)26(24,25)18-5-4-15-2-1-3-17(15)14-18/h4-5,14,16,20H,1-3,6-13H2. The summed E-state index contributed by atoms with van der Waals surface area (Å²) < 4.78 is 27.5. The van der Waals surface area contributed by atoms with Crippen LogP contribution >= 0.6 is 0 Å². The van der Waals surface area contributed by atoms with Gasteiger partial charge >= 0.3 is 0 Å². The summed E-state index contributed by atoms with van der Waals surface area (Å²) in [7, 11) is -3.47. The summed E-state index contributed by atoms with van der Waals surface area (Å²) in [6.07, 6.45) is 4.89. The van der Waals surface area contributed by atoms with Crippen molar-refractivity contribution in [1.29, 1.82) is 0 Å². The molecule has 6 nitrogen and oxygen atoms in total. The van der Waals surface area contributed by atoms with Gasteiger partial charge in [0, 0.05) is 32.1 Å². The number of benzene rings is 1. The maximum atomic E-state index is 13.0. The lowest BCUT2D eigenvalue weighted by Gasteiger charge is -2.36. The lowest BCUT2D eigenvalue weighted by molar-refractivity contribution is -0.137. The molecule has 0 atom stereocenters. The van der Waals surface area contributed by atoms with Crippen molar-refractivity contribution in [3.8, 4) is 0 Å². The first-order valence-corrected chi connectivity index (χ1v) is 11.1. The largest absolute Gasteiger partial charge is 0.340 e. The molecule has 0 spiro atoms. The van der Waals surface area contributed by atoms with E-state index in [2.05, 4.69) is 5.32 Å². The number of fused-ring (bicyclic) bond motifs is 1. The molecule has 0 saturated carbocycles. The van der Waals surface area contributed by atoms with E-state index in [0.29, 0.717) is 31.1 Å². The summed E-state index contributed by atoms with van der Waals surface area (Å²) in [6, 6.07) is 5.56. The van der Waals surface area contributed by atoms with E-state index >= 15 is 0 Å². The van der Waals surface area contributed by atoms with Gasteiger partial charge in [0.2, 0.25) is 15.9 Å². The molecule has 0 unspecified atom stereocenters. The van der Waals surface area contributed by atoms with Crippen LogP contribution in [0.1, 0.15) is 30.4 Å². The van der Waals surface area contributed by atoms with Crippen molar-refractivity contribution in [2.75, 3.05) is 39.3 Å². The molecule has 2 aliphatic heterocycles. The number of rotatable bonds is 3. The van der Waals surface area contributed by atoms with Gasteiger partial charge in [0.15, 0.2) is 0 Å². The van der Waals surface area contributed by atoms with Crippen molar-refractivity contribution in [2.24, 2.45) is 5.92 Å². The van der Waals surface area contributed by atoms with Crippen LogP contribution in [0.4, 0.5) is 0 Å². The van der Waals surface area contributed by atoms with E-state index in [1.807, 2.05) is 17.0 Å². The van der Waals surface area contributed by atoms with Gasteiger partial charge in [-0.25, -0.2) is 8.42 Å². The van der Waals surface area contributed by atoms with Crippen molar-refractivity contribution in [1.82, 2.24) is 14.5 Å². The Morgan fingerprint density at radius 2 is 1.69 bits per heavy atom. The summed E-state index contributed by atoms with van der Waals surface area (Å²) >= 11 is 0. The number of hydrogen-bond acceptors (Lipinski definition) is 4. The molecule has 3 aliphatic rings. The van der Waals surface area contributed by atoms with Crippen molar-refractivity contribution in [3.63, 3.8) is 0 Å². The number of carbonyl (C=O) groups is 1. The Bertz CT molecular complexity index is 779. The number of nitrogens with one attached hydrogen (secondary N) is 1. The Kier molecular flexibility index (Phi) is 5.03. The molecule has 1 aliphatic carbocycles. The third-order valence-electron chi connectivity index (χ3n) is 5.95. The molecule has 1 N–H and O–H groups in total. The van der Waals surface area contributed by atoms with Crippen molar-refractivity contribution in [3.05, 3.63) is 29.3 Å². The molecule has 2 fully saturated rings. The SMILES string of the molecule is O=C(C1CCNCC1)N1CCN(S(=O)(=O)c2ccc3c(c2)CCC3)CC1. The number of carbonyl (C=O) groups excluding carboxylic acids is 1. The topological polar surface area (TPSA) is 69.7 Å². The van der Waals surface area contributed by atoms with E-state index in [-0.39, 0.29) is 11.8 Å². The van der Waals surface area contributed by atoms with E-state index in [0.717, 1.165) is 45.2 Å². The molecular formula is C19H27N3O3S. The van der Waals surface area contributed by atoms with Crippen LogP contribution in [0.2, 0.25) is 0 Å². The second-order valence-electron chi connectivity index (χ2n) is 7.54. The number of amides is 1. The summed E-state index contributed by atoms with van der Waals surface area (Å²) in [6.45, 7) is 3.54. The fraction of sp³-hybridized carbons (Fsp3) is 0.632. The number of hydrogen-bond donors (Lipinski definition) is 1. The van der Waals surface area contributed by atoms with Crippen LogP contribution < -0.4 is 5.32 Å². The highest BCUT2D eigenvalue weighted by Crippen LogP contribution is 2.27. The molecule has 142 valence electrons. The zero-order valence-electron chi connectivity index (χ0n) is 15.1. The smallest absolute Gasteiger partial charge is 0.243 e. The lowest BCUT2D eigenvalue weighted by atomic mass is 9.96. The highest BCUT2D eigenvalue weighted by Gasteiger charge is 2.33. The highest BCUT2D eigenvalue weighted by molar-refractivity contribution is 7.89. The van der Waals surface area contributed by atoms with Crippen LogP contribution in [0.3, 0.4) is 0 Å². The van der Waals surface area contributed by atoms with Crippen LogP contribution in [0.25, 0.3) is 0 Å². The van der Waals surface area contributed by atoms with E-state index < -0.39 is 10.0 Å². The number of piperazine rings is 1. The molecule has 2 saturated heterocycles. The van der Waals surface area contributed by atoms with Crippen LogP contribution in [0, 0.1) is 5.92 Å². The Morgan fingerprint density at radius 1 is 1.00 bits per heavy atom. The third-order valence-corrected chi connectivity index (χ3v) is 7.84. The average molecular weight is 378 g/mol. The molecule has 1 amide bonds. The first kappa shape index (κ1) is 17.9. The van der Waals surface area contributed by atoms with Gasteiger partial charge in [-0.15, -0.1) is 0 Å². The number of sulfonamides is 1. The maximum absolute atomic E-state index is 13.0. The van der Waals surface area contributed by atoms with Gasteiger partial charge in [-0.3, -0.25) is 4.79 Å². The van der Waals surface area contributed by atoms with Gasteiger partial charge in [0.25, 0.3) is 0 Å². The van der Waals surface area contributed by atoms with Crippen LogP contribution in [0.15, 0.2) is 23.1 Å². The lowest BCUT2D eigenvalue weighted by Crippen LogP contribution is -2.52. The minimum Gasteiger partial charge on any atom is -0.340 e. The van der Waals surface area contributed by atoms with Gasteiger partial charge in [-0.05, 0) is 68.5 Å². The second kappa shape index (κ2) is 7.29. The van der Waals surface area contributed by atoms with Crippen LogP contribution in [0.5, 0.6) is 0 Å². The molecular weight excluding hydrogens is 350 g/mol. The average Bonchev–Trinajstić information content (AvgIpc) is 3.16. The normalized spacial score (nSPS) is 22.4. The van der Waals surface area contributed by atoms with Crippen LogP contribution in [-0.2, 0) is 27.7 Å². The van der Waals surface area contributed by atoms with Gasteiger partial charge in [0.05, 0.1) is 4.90 Å². The van der Waals surface area contributed by atoms with Crippen molar-refractivity contribution >= 4 is 15.9 Å². The summed E-state index contributed by atoms with van der Waals surface area (Å²) in [5.41, 5.74) is 2.45. The molecule has 7 heteroatoms. The quantitative estimate of drug-likeness (QED) is 0.854. The molecule has 2 heterocycles. The highest BCUT2D eigenvalue weighted by atomic mass is 32.2. The molecule has 0 radical (unpaired) electrons. The van der Waals surface area contributed by atoms with Crippen LogP contribution in [-0.4, -0.2) is 62.8 Å². The minimum absolute atomic E-state index is 0.0936. The monoisotopic (exact) mass is 377 g/mol. The molecule has 1 aromatic carbocycles. The molecule has 4 rings (SSSR count). The molecule has 0 aromatic heterocycles. The zero-order chi connectivity index (χ0) is 18.1. The zero-order valence-corrected chi connectivity index (χ0v) is 15.9. The maximum Gasteiger partial charge on any atom is 0.243 e. The van der Waals surface area contributed by atoms with Gasteiger partial charge in [-0.2, -0.15) is 4.31 Å². The fourth-order valence-electron chi connectivity index (χ4n) is 4.33. The Labute approximate surface area is 155 Å². The van der Waals surface area contributed by atoms with E-state index in [1.54, 1.807) is 6.07 Å².